The third-order valence-corrected chi connectivity index (χ3v) is 3.17. The van der Waals surface area contributed by atoms with E-state index in [0.29, 0.717) is 17.9 Å². The molecular formula is C14H21N3O3. The van der Waals surface area contributed by atoms with E-state index in [1.807, 2.05) is 13.0 Å². The average molecular weight is 279 g/mol. The fraction of sp³-hybridized carbons (Fsp3) is 0.429. The number of amides is 1. The molecule has 0 spiro atoms. The first-order valence-electron chi connectivity index (χ1n) is 6.28. The van der Waals surface area contributed by atoms with E-state index in [-0.39, 0.29) is 17.7 Å². The van der Waals surface area contributed by atoms with Crippen LogP contribution in [0.2, 0.25) is 0 Å². The number of benzene rings is 1. The number of hydrogen-bond acceptors (Lipinski definition) is 4. The Morgan fingerprint density at radius 1 is 1.55 bits per heavy atom. The number of carbonyl (C=O) groups is 1. The standard InChI is InChI=1S/C14H21N3O3/c1-9-5-6-11(7-12(9)20-4)14(18)17(3)8-10(2)13(15)16-19/h5-7,10,19H,8H2,1-4H3,(H2,15,16). The van der Waals surface area contributed by atoms with Gasteiger partial charge in [0.1, 0.15) is 11.6 Å². The zero-order valence-corrected chi connectivity index (χ0v) is 12.3. The maximum atomic E-state index is 12.3. The van der Waals surface area contributed by atoms with Gasteiger partial charge in [-0.2, -0.15) is 0 Å². The molecule has 0 aliphatic carbocycles. The number of nitrogens with two attached hydrogens (primary N) is 1. The summed E-state index contributed by atoms with van der Waals surface area (Å²) in [7, 11) is 3.25. The molecule has 0 fully saturated rings. The van der Waals surface area contributed by atoms with Gasteiger partial charge in [0.25, 0.3) is 5.91 Å². The minimum Gasteiger partial charge on any atom is -0.496 e. The molecule has 6 nitrogen and oxygen atoms in total. The van der Waals surface area contributed by atoms with Crippen LogP contribution in [0.15, 0.2) is 23.4 Å². The number of hydrogen-bond donors (Lipinski definition) is 2. The van der Waals surface area contributed by atoms with Gasteiger partial charge in [0.2, 0.25) is 0 Å². The summed E-state index contributed by atoms with van der Waals surface area (Å²) < 4.78 is 5.21. The number of ether oxygens (including phenoxy) is 1. The predicted octanol–water partition coefficient (Wildman–Crippen LogP) is 1.46. The summed E-state index contributed by atoms with van der Waals surface area (Å²) in [6.07, 6.45) is 0. The quantitative estimate of drug-likeness (QED) is 0.369. The number of nitrogens with zero attached hydrogens (tertiary/aromatic N) is 2. The van der Waals surface area contributed by atoms with Crippen molar-refractivity contribution in [3.8, 4) is 5.75 Å². The third kappa shape index (κ3) is 3.63. The van der Waals surface area contributed by atoms with Crippen molar-refractivity contribution in [1.82, 2.24) is 4.90 Å². The number of carbonyl (C=O) groups excluding carboxylic acids is 1. The molecule has 0 bridgehead atoms. The monoisotopic (exact) mass is 279 g/mol. The van der Waals surface area contributed by atoms with Gasteiger partial charge in [-0.1, -0.05) is 18.1 Å². The Hall–Kier alpha value is -2.24. The van der Waals surface area contributed by atoms with Gasteiger partial charge in [0, 0.05) is 25.1 Å². The first-order valence-corrected chi connectivity index (χ1v) is 6.28. The van der Waals surface area contributed by atoms with Crippen molar-refractivity contribution >= 4 is 11.7 Å². The number of oxime groups is 1. The number of methoxy groups -OCH3 is 1. The van der Waals surface area contributed by atoms with E-state index >= 15 is 0 Å². The molecular weight excluding hydrogens is 258 g/mol. The van der Waals surface area contributed by atoms with Crippen molar-refractivity contribution in [3.05, 3.63) is 29.3 Å². The molecule has 0 saturated heterocycles. The van der Waals surface area contributed by atoms with E-state index in [4.69, 9.17) is 15.7 Å². The highest BCUT2D eigenvalue weighted by Crippen LogP contribution is 2.20. The molecule has 6 heteroatoms. The van der Waals surface area contributed by atoms with E-state index in [1.165, 1.54) is 4.90 Å². The van der Waals surface area contributed by atoms with Crippen molar-refractivity contribution in [3.63, 3.8) is 0 Å². The van der Waals surface area contributed by atoms with Gasteiger partial charge < -0.3 is 20.6 Å². The second-order valence-corrected chi connectivity index (χ2v) is 4.80. The Labute approximate surface area is 118 Å². The minimum absolute atomic E-state index is 0.103. The van der Waals surface area contributed by atoms with Crippen LogP contribution in [0.3, 0.4) is 0 Å². The Kier molecular flexibility index (Phi) is 5.37. The molecule has 1 aromatic rings. The topological polar surface area (TPSA) is 88.2 Å². The highest BCUT2D eigenvalue weighted by molar-refractivity contribution is 5.95. The lowest BCUT2D eigenvalue weighted by Gasteiger charge is -2.21. The van der Waals surface area contributed by atoms with Crippen molar-refractivity contribution in [1.29, 1.82) is 0 Å². The summed E-state index contributed by atoms with van der Waals surface area (Å²) in [6.45, 7) is 4.07. The van der Waals surface area contributed by atoms with Crippen molar-refractivity contribution in [2.24, 2.45) is 16.8 Å². The van der Waals surface area contributed by atoms with Crippen LogP contribution in [0.5, 0.6) is 5.75 Å². The zero-order chi connectivity index (χ0) is 15.3. The maximum absolute atomic E-state index is 12.3. The third-order valence-electron chi connectivity index (χ3n) is 3.17. The van der Waals surface area contributed by atoms with Gasteiger partial charge in [-0.05, 0) is 24.6 Å². The zero-order valence-electron chi connectivity index (χ0n) is 12.3. The Morgan fingerprint density at radius 2 is 2.20 bits per heavy atom. The molecule has 0 saturated carbocycles. The van der Waals surface area contributed by atoms with Crippen LogP contribution in [-0.4, -0.2) is 42.6 Å². The lowest BCUT2D eigenvalue weighted by atomic mass is 10.1. The summed E-state index contributed by atoms with van der Waals surface area (Å²) in [5.74, 6) is 0.419. The van der Waals surface area contributed by atoms with E-state index in [1.54, 1.807) is 33.2 Å². The lowest BCUT2D eigenvalue weighted by molar-refractivity contribution is 0.0785. The SMILES string of the molecule is COc1cc(C(=O)N(C)CC(C)C(N)=NO)ccc1C. The molecule has 0 aliphatic rings. The van der Waals surface area contributed by atoms with Gasteiger partial charge in [-0.3, -0.25) is 4.79 Å². The highest BCUT2D eigenvalue weighted by Gasteiger charge is 2.17. The van der Waals surface area contributed by atoms with Crippen molar-refractivity contribution in [2.75, 3.05) is 20.7 Å². The second-order valence-electron chi connectivity index (χ2n) is 4.80. The molecule has 0 heterocycles. The van der Waals surface area contributed by atoms with Gasteiger partial charge in [-0.15, -0.1) is 0 Å². The van der Waals surface area contributed by atoms with Gasteiger partial charge in [-0.25, -0.2) is 0 Å². The molecule has 0 aromatic heterocycles. The smallest absolute Gasteiger partial charge is 0.253 e. The molecule has 1 aromatic carbocycles. The Balaban J connectivity index is 2.84. The molecule has 0 radical (unpaired) electrons. The lowest BCUT2D eigenvalue weighted by Crippen LogP contribution is -2.36. The minimum atomic E-state index is -0.221. The first-order chi connectivity index (χ1) is 9.40. The van der Waals surface area contributed by atoms with Crippen LogP contribution in [0.1, 0.15) is 22.8 Å². The van der Waals surface area contributed by atoms with E-state index < -0.39 is 0 Å². The molecule has 1 rings (SSSR count). The highest BCUT2D eigenvalue weighted by atomic mass is 16.5. The Bertz CT molecular complexity index is 514. The van der Waals surface area contributed by atoms with Crippen LogP contribution in [0.25, 0.3) is 0 Å². The maximum Gasteiger partial charge on any atom is 0.253 e. The predicted molar refractivity (Wildman–Crippen MR) is 77.3 cm³/mol. The molecule has 20 heavy (non-hydrogen) atoms. The normalized spacial score (nSPS) is 12.9. The summed E-state index contributed by atoms with van der Waals surface area (Å²) >= 11 is 0. The van der Waals surface area contributed by atoms with Gasteiger partial charge in [0.05, 0.1) is 7.11 Å². The van der Waals surface area contributed by atoms with Gasteiger partial charge >= 0.3 is 0 Å². The molecule has 0 aliphatic heterocycles. The molecule has 1 unspecified atom stereocenters. The summed E-state index contributed by atoms with van der Waals surface area (Å²) in [4.78, 5) is 13.8. The van der Waals surface area contributed by atoms with Crippen LogP contribution >= 0.6 is 0 Å². The summed E-state index contributed by atoms with van der Waals surface area (Å²) in [6, 6.07) is 5.31. The second kappa shape index (κ2) is 6.79. The van der Waals surface area contributed by atoms with Crippen LogP contribution in [0, 0.1) is 12.8 Å². The van der Waals surface area contributed by atoms with Crippen LogP contribution in [0.4, 0.5) is 0 Å². The van der Waals surface area contributed by atoms with E-state index in [0.717, 1.165) is 5.56 Å². The van der Waals surface area contributed by atoms with Crippen molar-refractivity contribution < 1.29 is 14.7 Å². The fourth-order valence-corrected chi connectivity index (χ4v) is 1.86. The van der Waals surface area contributed by atoms with Crippen LogP contribution in [-0.2, 0) is 0 Å². The molecule has 1 amide bonds. The summed E-state index contributed by atoms with van der Waals surface area (Å²) in [5.41, 5.74) is 7.02. The average Bonchev–Trinajstić information content (AvgIpc) is 2.45. The largest absolute Gasteiger partial charge is 0.496 e. The number of amidine groups is 1. The first kappa shape index (κ1) is 15.8. The molecule has 1 atom stereocenters. The van der Waals surface area contributed by atoms with E-state index in [2.05, 4.69) is 5.16 Å². The van der Waals surface area contributed by atoms with E-state index in [9.17, 15) is 4.79 Å². The molecule has 3 N–H and O–H groups in total. The number of aryl methyl sites for hydroxylation is 1. The molecule has 110 valence electrons. The number of rotatable bonds is 5. The Morgan fingerprint density at radius 3 is 2.75 bits per heavy atom. The fourth-order valence-electron chi connectivity index (χ4n) is 1.86. The van der Waals surface area contributed by atoms with Crippen LogP contribution < -0.4 is 10.5 Å². The van der Waals surface area contributed by atoms with Crippen molar-refractivity contribution in [2.45, 2.75) is 13.8 Å². The van der Waals surface area contributed by atoms with Gasteiger partial charge in [0.15, 0.2) is 0 Å². The summed E-state index contributed by atoms with van der Waals surface area (Å²) in [5, 5.41) is 11.6.